The fourth-order valence-electron chi connectivity index (χ4n) is 3.16. The highest BCUT2D eigenvalue weighted by Gasteiger charge is 2.24. The molecule has 3 nitrogen and oxygen atoms in total. The van der Waals surface area contributed by atoms with Gasteiger partial charge in [-0.05, 0) is 54.9 Å². The smallest absolute Gasteiger partial charge is 0.313 e. The van der Waals surface area contributed by atoms with Crippen LogP contribution in [0.5, 0.6) is 5.75 Å². The van der Waals surface area contributed by atoms with Gasteiger partial charge in [0.2, 0.25) is 0 Å². The van der Waals surface area contributed by atoms with Gasteiger partial charge in [-0.2, -0.15) is 0 Å². The summed E-state index contributed by atoms with van der Waals surface area (Å²) < 4.78 is 24.1. The number of esters is 1. The molecule has 144 valence electrons. The molecule has 2 aromatic carbocycles. The molecule has 1 fully saturated rings. The Kier molecular flexibility index (Phi) is 6.49. The minimum Gasteiger partial charge on any atom is -0.493 e. The molecule has 1 aliphatic rings. The number of hydrogen-bond acceptors (Lipinski definition) is 3. The minimum absolute atomic E-state index is 0.201. The number of hydrogen-bond donors (Lipinski definition) is 0. The standard InChI is InChI=1S/C23H27FO3/c1-3-20(23(25)26-4-2)19-11-12-21(18-9-7-16(14-24)8-10-18)22(13-19)27-15-17-5-6-17/h7-13,17,20H,3-6,14-15H2,1-2H3. The Balaban J connectivity index is 1.92. The van der Waals surface area contributed by atoms with E-state index in [1.807, 2.05) is 44.2 Å². The maximum atomic E-state index is 12.8. The third-order valence-corrected chi connectivity index (χ3v) is 4.98. The van der Waals surface area contributed by atoms with Crippen molar-refractivity contribution in [2.24, 2.45) is 5.92 Å². The summed E-state index contributed by atoms with van der Waals surface area (Å²) in [6, 6.07) is 13.3. The predicted octanol–water partition coefficient (Wildman–Crippen LogP) is 5.67. The van der Waals surface area contributed by atoms with Crippen LogP contribution in [-0.2, 0) is 16.2 Å². The summed E-state index contributed by atoms with van der Waals surface area (Å²) in [7, 11) is 0. The van der Waals surface area contributed by atoms with Gasteiger partial charge in [0.25, 0.3) is 0 Å². The minimum atomic E-state index is -0.470. The maximum absolute atomic E-state index is 12.8. The second kappa shape index (κ2) is 9.03. The van der Waals surface area contributed by atoms with Gasteiger partial charge in [-0.3, -0.25) is 4.79 Å². The third-order valence-electron chi connectivity index (χ3n) is 4.98. The number of carbonyl (C=O) groups is 1. The molecule has 0 saturated heterocycles. The Morgan fingerprint density at radius 1 is 1.15 bits per heavy atom. The largest absolute Gasteiger partial charge is 0.493 e. The lowest BCUT2D eigenvalue weighted by Gasteiger charge is -2.18. The van der Waals surface area contributed by atoms with Crippen LogP contribution in [0.2, 0.25) is 0 Å². The first-order valence-electron chi connectivity index (χ1n) is 9.74. The molecule has 0 amide bonds. The van der Waals surface area contributed by atoms with E-state index in [1.165, 1.54) is 12.8 Å². The highest BCUT2D eigenvalue weighted by atomic mass is 19.1. The van der Waals surface area contributed by atoms with E-state index < -0.39 is 6.67 Å². The highest BCUT2D eigenvalue weighted by Crippen LogP contribution is 2.36. The van der Waals surface area contributed by atoms with Gasteiger partial charge in [0.15, 0.2) is 0 Å². The molecule has 0 aliphatic heterocycles. The van der Waals surface area contributed by atoms with Crippen molar-refractivity contribution in [3.63, 3.8) is 0 Å². The zero-order valence-electron chi connectivity index (χ0n) is 16.0. The van der Waals surface area contributed by atoms with Crippen LogP contribution in [0.1, 0.15) is 50.2 Å². The van der Waals surface area contributed by atoms with E-state index in [9.17, 15) is 9.18 Å². The molecule has 1 aliphatic carbocycles. The summed E-state index contributed by atoms with van der Waals surface area (Å²) in [6.07, 6.45) is 3.09. The number of ether oxygens (including phenoxy) is 2. The third kappa shape index (κ3) is 4.88. The molecule has 0 aromatic heterocycles. The fourth-order valence-corrected chi connectivity index (χ4v) is 3.16. The SMILES string of the molecule is CCOC(=O)C(CC)c1ccc(-c2ccc(CF)cc2)c(OCC2CC2)c1. The number of carbonyl (C=O) groups excluding carboxylic acids is 1. The number of alkyl halides is 1. The molecule has 0 radical (unpaired) electrons. The van der Waals surface area contributed by atoms with Crippen LogP contribution in [0.25, 0.3) is 11.1 Å². The molecule has 1 saturated carbocycles. The van der Waals surface area contributed by atoms with Crippen LogP contribution in [0.15, 0.2) is 42.5 Å². The van der Waals surface area contributed by atoms with Crippen LogP contribution in [0.3, 0.4) is 0 Å². The summed E-state index contributed by atoms with van der Waals surface area (Å²) >= 11 is 0. The van der Waals surface area contributed by atoms with Gasteiger partial charge in [0.1, 0.15) is 12.4 Å². The van der Waals surface area contributed by atoms with E-state index in [2.05, 4.69) is 0 Å². The zero-order valence-corrected chi connectivity index (χ0v) is 16.0. The lowest BCUT2D eigenvalue weighted by atomic mass is 9.93. The molecular weight excluding hydrogens is 343 g/mol. The Morgan fingerprint density at radius 2 is 1.89 bits per heavy atom. The molecular formula is C23H27FO3. The van der Waals surface area contributed by atoms with Gasteiger partial charge in [-0.1, -0.05) is 43.3 Å². The van der Waals surface area contributed by atoms with Crippen molar-refractivity contribution in [1.29, 1.82) is 0 Å². The average molecular weight is 370 g/mol. The Morgan fingerprint density at radius 3 is 2.48 bits per heavy atom. The monoisotopic (exact) mass is 370 g/mol. The van der Waals surface area contributed by atoms with Crippen molar-refractivity contribution in [3.8, 4) is 16.9 Å². The second-order valence-corrected chi connectivity index (χ2v) is 7.05. The van der Waals surface area contributed by atoms with Gasteiger partial charge >= 0.3 is 5.97 Å². The van der Waals surface area contributed by atoms with Gasteiger partial charge < -0.3 is 9.47 Å². The van der Waals surface area contributed by atoms with Crippen LogP contribution < -0.4 is 4.74 Å². The Labute approximate surface area is 160 Å². The van der Waals surface area contributed by atoms with Gasteiger partial charge in [0.05, 0.1) is 19.1 Å². The number of benzene rings is 2. The van der Waals surface area contributed by atoms with E-state index in [0.29, 0.717) is 31.1 Å². The number of halogens is 1. The van der Waals surface area contributed by atoms with E-state index in [1.54, 1.807) is 12.1 Å². The zero-order chi connectivity index (χ0) is 19.2. The molecule has 0 N–H and O–H groups in total. The van der Waals surface area contributed by atoms with Crippen LogP contribution >= 0.6 is 0 Å². The fraction of sp³-hybridized carbons (Fsp3) is 0.435. The molecule has 0 spiro atoms. The molecule has 1 unspecified atom stereocenters. The maximum Gasteiger partial charge on any atom is 0.313 e. The first kappa shape index (κ1) is 19.4. The topological polar surface area (TPSA) is 35.5 Å². The number of rotatable bonds is 9. The van der Waals surface area contributed by atoms with Crippen molar-refractivity contribution in [2.75, 3.05) is 13.2 Å². The molecule has 27 heavy (non-hydrogen) atoms. The summed E-state index contributed by atoms with van der Waals surface area (Å²) in [5.74, 6) is 0.905. The molecule has 0 bridgehead atoms. The van der Waals surface area contributed by atoms with Crippen molar-refractivity contribution in [2.45, 2.75) is 45.7 Å². The predicted molar refractivity (Wildman–Crippen MR) is 105 cm³/mol. The summed E-state index contributed by atoms with van der Waals surface area (Å²) in [5.41, 5.74) is 3.51. The second-order valence-electron chi connectivity index (χ2n) is 7.05. The highest BCUT2D eigenvalue weighted by molar-refractivity contribution is 5.79. The summed E-state index contributed by atoms with van der Waals surface area (Å²) in [5, 5.41) is 0. The van der Waals surface area contributed by atoms with E-state index in [0.717, 1.165) is 22.4 Å². The van der Waals surface area contributed by atoms with Gasteiger partial charge in [-0.15, -0.1) is 0 Å². The van der Waals surface area contributed by atoms with Crippen LogP contribution in [-0.4, -0.2) is 19.2 Å². The Bertz CT molecular complexity index is 766. The first-order valence-corrected chi connectivity index (χ1v) is 9.74. The Hall–Kier alpha value is -2.36. The molecule has 1 atom stereocenters. The van der Waals surface area contributed by atoms with Crippen LogP contribution in [0, 0.1) is 5.92 Å². The van der Waals surface area contributed by atoms with E-state index in [-0.39, 0.29) is 11.9 Å². The lowest BCUT2D eigenvalue weighted by Crippen LogP contribution is -2.15. The van der Waals surface area contributed by atoms with E-state index in [4.69, 9.17) is 9.47 Å². The van der Waals surface area contributed by atoms with Crippen molar-refractivity contribution >= 4 is 5.97 Å². The summed E-state index contributed by atoms with van der Waals surface area (Å²) in [4.78, 5) is 12.3. The van der Waals surface area contributed by atoms with Gasteiger partial charge in [0, 0.05) is 5.56 Å². The quantitative estimate of drug-likeness (QED) is 0.534. The average Bonchev–Trinajstić information content (AvgIpc) is 3.52. The van der Waals surface area contributed by atoms with Crippen molar-refractivity contribution in [3.05, 3.63) is 53.6 Å². The van der Waals surface area contributed by atoms with E-state index >= 15 is 0 Å². The molecule has 0 heterocycles. The van der Waals surface area contributed by atoms with Gasteiger partial charge in [-0.25, -0.2) is 4.39 Å². The molecule has 3 rings (SSSR count). The van der Waals surface area contributed by atoms with Crippen LogP contribution in [0.4, 0.5) is 4.39 Å². The summed E-state index contributed by atoms with van der Waals surface area (Å²) in [6.45, 7) is 4.39. The normalized spacial score (nSPS) is 14.6. The molecule has 4 heteroatoms. The first-order chi connectivity index (χ1) is 13.2. The molecule has 2 aromatic rings. The van der Waals surface area contributed by atoms with Crippen molar-refractivity contribution < 1.29 is 18.7 Å². The lowest BCUT2D eigenvalue weighted by molar-refractivity contribution is -0.145. The van der Waals surface area contributed by atoms with Crippen molar-refractivity contribution in [1.82, 2.24) is 0 Å².